The summed E-state index contributed by atoms with van der Waals surface area (Å²) in [6.07, 6.45) is 3.69. The van der Waals surface area contributed by atoms with E-state index in [9.17, 15) is 0 Å². The van der Waals surface area contributed by atoms with Crippen LogP contribution in [0.2, 0.25) is 0 Å². The van der Waals surface area contributed by atoms with Crippen LogP contribution in [-0.2, 0) is 4.74 Å². The molecule has 1 heterocycles. The molecule has 0 bridgehead atoms. The summed E-state index contributed by atoms with van der Waals surface area (Å²) in [7, 11) is 0. The highest BCUT2D eigenvalue weighted by atomic mass is 32.2. The van der Waals surface area contributed by atoms with E-state index in [2.05, 4.69) is 24.0 Å². The molecule has 1 aliphatic heterocycles. The molecule has 90 valence electrons. The second kappa shape index (κ2) is 8.39. The summed E-state index contributed by atoms with van der Waals surface area (Å²) >= 11 is 2.07. The van der Waals surface area contributed by atoms with Crippen LogP contribution in [0, 0.1) is 0 Å². The molecule has 1 rings (SSSR count). The molecule has 2 atom stereocenters. The van der Waals surface area contributed by atoms with Crippen molar-refractivity contribution >= 4 is 11.8 Å². The van der Waals surface area contributed by atoms with Gasteiger partial charge in [-0.15, -0.1) is 0 Å². The van der Waals surface area contributed by atoms with Crippen LogP contribution in [0.4, 0.5) is 0 Å². The minimum absolute atomic E-state index is 0.129. The molecule has 4 heteroatoms. The molecule has 1 aliphatic rings. The quantitative estimate of drug-likeness (QED) is 0.650. The summed E-state index contributed by atoms with van der Waals surface area (Å²) in [6, 6.07) is 0.682. The first-order valence-corrected chi connectivity index (χ1v) is 6.93. The Kier molecular flexibility index (Phi) is 7.44. The number of thioether (sulfide) groups is 1. The van der Waals surface area contributed by atoms with Gasteiger partial charge in [0, 0.05) is 17.9 Å². The molecule has 2 unspecified atom stereocenters. The number of hydrogen-bond donors (Lipinski definition) is 2. The van der Waals surface area contributed by atoms with Crippen LogP contribution < -0.4 is 5.32 Å². The molecule has 0 aliphatic carbocycles. The maximum absolute atomic E-state index is 8.52. The molecule has 15 heavy (non-hydrogen) atoms. The van der Waals surface area contributed by atoms with Gasteiger partial charge in [0.1, 0.15) is 0 Å². The van der Waals surface area contributed by atoms with Crippen LogP contribution in [0.15, 0.2) is 0 Å². The highest BCUT2D eigenvalue weighted by molar-refractivity contribution is 7.99. The van der Waals surface area contributed by atoms with E-state index in [1.165, 1.54) is 18.6 Å². The smallest absolute Gasteiger partial charge is 0.0697 e. The Bertz CT molecular complexity index is 158. The van der Waals surface area contributed by atoms with Gasteiger partial charge in [-0.3, -0.25) is 0 Å². The van der Waals surface area contributed by atoms with Gasteiger partial charge in [-0.2, -0.15) is 11.8 Å². The fraction of sp³-hybridized carbons (Fsp3) is 1.00. The highest BCUT2D eigenvalue weighted by Crippen LogP contribution is 2.24. The maximum Gasteiger partial charge on any atom is 0.0697 e. The van der Waals surface area contributed by atoms with E-state index in [-0.39, 0.29) is 6.61 Å². The van der Waals surface area contributed by atoms with E-state index in [0.717, 1.165) is 24.8 Å². The zero-order valence-electron chi connectivity index (χ0n) is 9.58. The summed E-state index contributed by atoms with van der Waals surface area (Å²) in [5, 5.41) is 12.9. The van der Waals surface area contributed by atoms with Crippen LogP contribution in [0.3, 0.4) is 0 Å². The van der Waals surface area contributed by atoms with Crippen molar-refractivity contribution in [2.75, 3.05) is 32.1 Å². The van der Waals surface area contributed by atoms with E-state index >= 15 is 0 Å². The Morgan fingerprint density at radius 1 is 1.47 bits per heavy atom. The van der Waals surface area contributed by atoms with E-state index in [0.29, 0.717) is 12.6 Å². The Balaban J connectivity index is 1.94. The molecule has 0 saturated carbocycles. The lowest BCUT2D eigenvalue weighted by molar-refractivity contribution is 0.0903. The van der Waals surface area contributed by atoms with Gasteiger partial charge in [-0.05, 0) is 31.6 Å². The summed E-state index contributed by atoms with van der Waals surface area (Å²) in [6.45, 7) is 4.69. The number of nitrogens with one attached hydrogen (secondary N) is 1. The molecule has 1 fully saturated rings. The van der Waals surface area contributed by atoms with Gasteiger partial charge in [-0.25, -0.2) is 0 Å². The Morgan fingerprint density at radius 3 is 3.07 bits per heavy atom. The zero-order chi connectivity index (χ0) is 10.9. The molecule has 0 aromatic carbocycles. The number of aliphatic hydroxyl groups is 1. The van der Waals surface area contributed by atoms with Gasteiger partial charge in [0.2, 0.25) is 0 Å². The van der Waals surface area contributed by atoms with Crippen molar-refractivity contribution in [1.82, 2.24) is 5.32 Å². The lowest BCUT2D eigenvalue weighted by Crippen LogP contribution is -2.39. The second-order valence-electron chi connectivity index (χ2n) is 3.97. The van der Waals surface area contributed by atoms with Gasteiger partial charge in [0.25, 0.3) is 0 Å². The van der Waals surface area contributed by atoms with Crippen molar-refractivity contribution in [3.05, 3.63) is 0 Å². The van der Waals surface area contributed by atoms with Gasteiger partial charge < -0.3 is 15.2 Å². The summed E-state index contributed by atoms with van der Waals surface area (Å²) < 4.78 is 5.20. The van der Waals surface area contributed by atoms with E-state index in [1.807, 2.05) is 0 Å². The molecule has 0 aromatic rings. The monoisotopic (exact) mass is 233 g/mol. The average Bonchev–Trinajstić information content (AvgIpc) is 2.25. The van der Waals surface area contributed by atoms with Crippen molar-refractivity contribution in [2.24, 2.45) is 0 Å². The van der Waals surface area contributed by atoms with Crippen molar-refractivity contribution in [3.63, 3.8) is 0 Å². The molecular weight excluding hydrogens is 210 g/mol. The minimum Gasteiger partial charge on any atom is -0.394 e. The molecule has 2 N–H and O–H groups in total. The molecule has 3 nitrogen and oxygen atoms in total. The maximum atomic E-state index is 8.52. The van der Waals surface area contributed by atoms with Crippen molar-refractivity contribution in [1.29, 1.82) is 0 Å². The first-order valence-electron chi connectivity index (χ1n) is 5.88. The average molecular weight is 233 g/mol. The van der Waals surface area contributed by atoms with Gasteiger partial charge in [0.05, 0.1) is 13.2 Å². The van der Waals surface area contributed by atoms with E-state index in [4.69, 9.17) is 9.84 Å². The lowest BCUT2D eigenvalue weighted by Gasteiger charge is -2.29. The molecular formula is C11H23NO2S. The standard InChI is InChI=1S/C11H23NO2S/c1-10-11(4-2-9-15-10)12-5-3-7-14-8-6-13/h10-13H,2-9H2,1H3. The third kappa shape index (κ3) is 5.76. The predicted molar refractivity (Wildman–Crippen MR) is 65.5 cm³/mol. The van der Waals surface area contributed by atoms with Gasteiger partial charge in [0.15, 0.2) is 0 Å². The Hall–Kier alpha value is 0.230. The second-order valence-corrected chi connectivity index (χ2v) is 5.45. The summed E-state index contributed by atoms with van der Waals surface area (Å²) in [5.74, 6) is 1.32. The van der Waals surface area contributed by atoms with Crippen molar-refractivity contribution in [2.45, 2.75) is 37.5 Å². The van der Waals surface area contributed by atoms with Crippen molar-refractivity contribution in [3.8, 4) is 0 Å². The normalized spacial score (nSPS) is 26.8. The number of rotatable bonds is 7. The predicted octanol–water partition coefficient (Wildman–Crippen LogP) is 1.26. The van der Waals surface area contributed by atoms with Crippen LogP contribution in [0.25, 0.3) is 0 Å². The number of ether oxygens (including phenoxy) is 1. The highest BCUT2D eigenvalue weighted by Gasteiger charge is 2.20. The van der Waals surface area contributed by atoms with Crippen molar-refractivity contribution < 1.29 is 9.84 Å². The van der Waals surface area contributed by atoms with Gasteiger partial charge >= 0.3 is 0 Å². The summed E-state index contributed by atoms with van der Waals surface area (Å²) in [4.78, 5) is 0. The number of aliphatic hydroxyl groups excluding tert-OH is 1. The van der Waals surface area contributed by atoms with Crippen LogP contribution >= 0.6 is 11.8 Å². The number of hydrogen-bond acceptors (Lipinski definition) is 4. The fourth-order valence-corrected chi connectivity index (χ4v) is 2.99. The summed E-state index contributed by atoms with van der Waals surface area (Å²) in [5.41, 5.74) is 0. The topological polar surface area (TPSA) is 41.5 Å². The first kappa shape index (κ1) is 13.3. The lowest BCUT2D eigenvalue weighted by atomic mass is 10.1. The van der Waals surface area contributed by atoms with E-state index in [1.54, 1.807) is 0 Å². The molecule has 0 spiro atoms. The van der Waals surface area contributed by atoms with E-state index < -0.39 is 0 Å². The van der Waals surface area contributed by atoms with Gasteiger partial charge in [-0.1, -0.05) is 6.92 Å². The molecule has 1 saturated heterocycles. The zero-order valence-corrected chi connectivity index (χ0v) is 10.4. The Morgan fingerprint density at radius 2 is 2.33 bits per heavy atom. The SMILES string of the molecule is CC1SCCCC1NCCCOCCO. The molecule has 0 amide bonds. The fourth-order valence-electron chi connectivity index (χ4n) is 1.82. The Labute approximate surface area is 97.0 Å². The minimum atomic E-state index is 0.129. The third-order valence-electron chi connectivity index (χ3n) is 2.71. The first-order chi connectivity index (χ1) is 7.34. The third-order valence-corrected chi connectivity index (χ3v) is 4.09. The van der Waals surface area contributed by atoms with Crippen LogP contribution in [-0.4, -0.2) is 48.5 Å². The van der Waals surface area contributed by atoms with Crippen LogP contribution in [0.5, 0.6) is 0 Å². The molecule has 0 aromatic heterocycles. The molecule has 0 radical (unpaired) electrons. The van der Waals surface area contributed by atoms with Crippen LogP contribution in [0.1, 0.15) is 26.2 Å². The largest absolute Gasteiger partial charge is 0.394 e.